The zero-order valence-corrected chi connectivity index (χ0v) is 11.7. The molecule has 0 radical (unpaired) electrons. The SMILES string of the molecule is Cc1[nH]c(C(N)c2ccccc2)nc1-c1ccc(F)cc1. The minimum absolute atomic E-state index is 0.256. The first-order valence-corrected chi connectivity index (χ1v) is 6.78. The first-order chi connectivity index (χ1) is 10.1. The highest BCUT2D eigenvalue weighted by Gasteiger charge is 2.15. The van der Waals surface area contributed by atoms with Crippen LogP contribution in [-0.4, -0.2) is 9.97 Å². The molecule has 0 bridgehead atoms. The number of H-pyrrole nitrogens is 1. The fraction of sp³-hybridized carbons (Fsp3) is 0.118. The normalized spacial score (nSPS) is 12.3. The van der Waals surface area contributed by atoms with Crippen molar-refractivity contribution in [2.45, 2.75) is 13.0 Å². The van der Waals surface area contributed by atoms with Crippen molar-refractivity contribution >= 4 is 0 Å². The van der Waals surface area contributed by atoms with Crippen LogP contribution >= 0.6 is 0 Å². The monoisotopic (exact) mass is 281 g/mol. The first-order valence-electron chi connectivity index (χ1n) is 6.78. The standard InChI is InChI=1S/C17H16FN3/c1-11-16(13-7-9-14(18)10-8-13)21-17(20-11)15(19)12-5-3-2-4-6-12/h2-10,15H,19H2,1H3,(H,20,21). The van der Waals surface area contributed by atoms with Crippen molar-refractivity contribution in [3.05, 3.63) is 77.5 Å². The lowest BCUT2D eigenvalue weighted by Gasteiger charge is -2.08. The molecule has 1 aromatic heterocycles. The van der Waals surface area contributed by atoms with E-state index < -0.39 is 0 Å². The van der Waals surface area contributed by atoms with Gasteiger partial charge in [-0.25, -0.2) is 9.37 Å². The van der Waals surface area contributed by atoms with Gasteiger partial charge < -0.3 is 10.7 Å². The average Bonchev–Trinajstić information content (AvgIpc) is 2.90. The Labute approximate surface area is 122 Å². The number of aromatic amines is 1. The largest absolute Gasteiger partial charge is 0.344 e. The Hall–Kier alpha value is -2.46. The van der Waals surface area contributed by atoms with Crippen molar-refractivity contribution in [3.8, 4) is 11.3 Å². The molecule has 3 rings (SSSR count). The smallest absolute Gasteiger partial charge is 0.128 e. The molecule has 0 saturated heterocycles. The van der Waals surface area contributed by atoms with Crippen LogP contribution in [0.1, 0.15) is 23.1 Å². The number of nitrogens with zero attached hydrogens (tertiary/aromatic N) is 1. The predicted molar refractivity (Wildman–Crippen MR) is 81.2 cm³/mol. The number of hydrogen-bond donors (Lipinski definition) is 2. The number of nitrogens with one attached hydrogen (secondary N) is 1. The van der Waals surface area contributed by atoms with Crippen molar-refractivity contribution in [1.29, 1.82) is 0 Å². The van der Waals surface area contributed by atoms with Crippen LogP contribution in [0.4, 0.5) is 4.39 Å². The van der Waals surface area contributed by atoms with Gasteiger partial charge in [0.15, 0.2) is 0 Å². The number of nitrogens with two attached hydrogens (primary N) is 1. The van der Waals surface area contributed by atoms with Crippen LogP contribution in [0.3, 0.4) is 0 Å². The minimum atomic E-state index is -0.306. The molecule has 3 N–H and O–H groups in total. The zero-order valence-electron chi connectivity index (χ0n) is 11.7. The van der Waals surface area contributed by atoms with Crippen LogP contribution in [0.5, 0.6) is 0 Å². The van der Waals surface area contributed by atoms with Crippen LogP contribution in [0.15, 0.2) is 54.6 Å². The van der Waals surface area contributed by atoms with E-state index in [2.05, 4.69) is 9.97 Å². The summed E-state index contributed by atoms with van der Waals surface area (Å²) >= 11 is 0. The second kappa shape index (κ2) is 5.50. The van der Waals surface area contributed by atoms with Crippen LogP contribution in [0.2, 0.25) is 0 Å². The molecule has 0 saturated carbocycles. The quantitative estimate of drug-likeness (QED) is 0.771. The van der Waals surface area contributed by atoms with Gasteiger partial charge >= 0.3 is 0 Å². The Morgan fingerprint density at radius 3 is 2.38 bits per heavy atom. The van der Waals surface area contributed by atoms with Gasteiger partial charge in [-0.05, 0) is 36.8 Å². The van der Waals surface area contributed by atoms with Gasteiger partial charge in [-0.15, -0.1) is 0 Å². The van der Waals surface area contributed by atoms with E-state index in [1.54, 1.807) is 12.1 Å². The van der Waals surface area contributed by atoms with Gasteiger partial charge in [-0.2, -0.15) is 0 Å². The van der Waals surface area contributed by atoms with Gasteiger partial charge in [-0.1, -0.05) is 30.3 Å². The molecule has 0 spiro atoms. The molecular formula is C17H16FN3. The third kappa shape index (κ3) is 2.71. The maximum atomic E-state index is 13.0. The Kier molecular flexibility index (Phi) is 3.54. The molecule has 3 aromatic rings. The highest BCUT2D eigenvalue weighted by Crippen LogP contribution is 2.25. The van der Waals surface area contributed by atoms with Crippen LogP contribution < -0.4 is 5.73 Å². The van der Waals surface area contributed by atoms with E-state index in [9.17, 15) is 4.39 Å². The summed E-state index contributed by atoms with van der Waals surface area (Å²) in [4.78, 5) is 7.81. The lowest BCUT2D eigenvalue weighted by Crippen LogP contribution is -2.13. The van der Waals surface area contributed by atoms with Gasteiger partial charge in [0, 0.05) is 11.3 Å². The Morgan fingerprint density at radius 2 is 1.71 bits per heavy atom. The summed E-state index contributed by atoms with van der Waals surface area (Å²) in [5.41, 5.74) is 9.84. The van der Waals surface area contributed by atoms with Crippen LogP contribution in [-0.2, 0) is 0 Å². The molecule has 106 valence electrons. The fourth-order valence-corrected chi connectivity index (χ4v) is 2.34. The number of imidazole rings is 1. The van der Waals surface area contributed by atoms with E-state index in [0.29, 0.717) is 5.82 Å². The number of rotatable bonds is 3. The number of aryl methyl sites for hydroxylation is 1. The summed E-state index contributed by atoms with van der Waals surface area (Å²) in [5, 5.41) is 0. The van der Waals surface area contributed by atoms with Crippen molar-refractivity contribution in [1.82, 2.24) is 9.97 Å². The number of hydrogen-bond acceptors (Lipinski definition) is 2. The second-order valence-corrected chi connectivity index (χ2v) is 4.99. The van der Waals surface area contributed by atoms with Crippen molar-refractivity contribution in [2.75, 3.05) is 0 Å². The predicted octanol–water partition coefficient (Wildman–Crippen LogP) is 3.57. The van der Waals surface area contributed by atoms with Crippen molar-refractivity contribution in [2.24, 2.45) is 5.73 Å². The van der Waals surface area contributed by atoms with Crippen LogP contribution in [0.25, 0.3) is 11.3 Å². The maximum Gasteiger partial charge on any atom is 0.128 e. The van der Waals surface area contributed by atoms with Gasteiger partial charge in [0.05, 0.1) is 11.7 Å². The van der Waals surface area contributed by atoms with E-state index in [1.807, 2.05) is 37.3 Å². The highest BCUT2D eigenvalue weighted by atomic mass is 19.1. The molecule has 21 heavy (non-hydrogen) atoms. The fourth-order valence-electron chi connectivity index (χ4n) is 2.34. The van der Waals surface area contributed by atoms with Crippen LogP contribution in [0, 0.1) is 12.7 Å². The zero-order chi connectivity index (χ0) is 14.8. The molecule has 0 aliphatic carbocycles. The van der Waals surface area contributed by atoms with Gasteiger partial charge in [0.1, 0.15) is 11.6 Å². The summed E-state index contributed by atoms with van der Waals surface area (Å²) in [7, 11) is 0. The minimum Gasteiger partial charge on any atom is -0.344 e. The average molecular weight is 281 g/mol. The first kappa shape index (κ1) is 13.5. The molecule has 1 atom stereocenters. The second-order valence-electron chi connectivity index (χ2n) is 4.99. The summed E-state index contributed by atoms with van der Waals surface area (Å²) in [6, 6.07) is 15.8. The number of halogens is 1. The molecular weight excluding hydrogens is 265 g/mol. The molecule has 0 aliphatic rings. The van der Waals surface area contributed by atoms with Gasteiger partial charge in [0.2, 0.25) is 0 Å². The number of aromatic nitrogens is 2. The summed E-state index contributed by atoms with van der Waals surface area (Å²) in [6.07, 6.45) is 0. The Morgan fingerprint density at radius 1 is 1.05 bits per heavy atom. The molecule has 0 amide bonds. The van der Waals surface area contributed by atoms with E-state index >= 15 is 0 Å². The van der Waals surface area contributed by atoms with Gasteiger partial charge in [0.25, 0.3) is 0 Å². The molecule has 3 nitrogen and oxygen atoms in total. The molecule has 0 fully saturated rings. The molecule has 2 aromatic carbocycles. The lowest BCUT2D eigenvalue weighted by molar-refractivity contribution is 0.628. The molecule has 0 aliphatic heterocycles. The Balaban J connectivity index is 1.96. The topological polar surface area (TPSA) is 54.7 Å². The summed E-state index contributed by atoms with van der Waals surface area (Å²) in [5.74, 6) is 0.450. The van der Waals surface area contributed by atoms with Crippen molar-refractivity contribution < 1.29 is 4.39 Å². The Bertz CT molecular complexity index is 732. The summed E-state index contributed by atoms with van der Waals surface area (Å²) in [6.45, 7) is 1.94. The van der Waals surface area contributed by atoms with E-state index in [1.165, 1.54) is 12.1 Å². The summed E-state index contributed by atoms with van der Waals surface area (Å²) < 4.78 is 13.0. The number of benzene rings is 2. The van der Waals surface area contributed by atoms with E-state index in [-0.39, 0.29) is 11.9 Å². The molecule has 1 heterocycles. The lowest BCUT2D eigenvalue weighted by atomic mass is 10.1. The molecule has 4 heteroatoms. The third-order valence-corrected chi connectivity index (χ3v) is 3.47. The maximum absolute atomic E-state index is 13.0. The van der Waals surface area contributed by atoms with Gasteiger partial charge in [-0.3, -0.25) is 0 Å². The van der Waals surface area contributed by atoms with E-state index in [4.69, 9.17) is 5.73 Å². The highest BCUT2D eigenvalue weighted by molar-refractivity contribution is 5.62. The third-order valence-electron chi connectivity index (χ3n) is 3.47. The van der Waals surface area contributed by atoms with E-state index in [0.717, 1.165) is 22.5 Å². The molecule has 1 unspecified atom stereocenters. The van der Waals surface area contributed by atoms with Crippen molar-refractivity contribution in [3.63, 3.8) is 0 Å².